The molecule has 1 rings (SSSR count). The number of ether oxygens (including phenoxy) is 2. The normalized spacial score (nSPS) is 12.8. The maximum absolute atomic E-state index is 12.0. The van der Waals surface area contributed by atoms with Crippen LogP contribution in [0.1, 0.15) is 33.3 Å². The Labute approximate surface area is 169 Å². The molecule has 1 aromatic rings. The Morgan fingerprint density at radius 2 is 1.59 bits per heavy atom. The van der Waals surface area contributed by atoms with Gasteiger partial charge in [-0.1, -0.05) is 12.1 Å². The molecule has 9 heteroatoms. The predicted octanol–water partition coefficient (Wildman–Crippen LogP) is 1.38. The van der Waals surface area contributed by atoms with Gasteiger partial charge in [0, 0.05) is 12.1 Å². The van der Waals surface area contributed by atoms with E-state index in [0.29, 0.717) is 5.75 Å². The highest BCUT2D eigenvalue weighted by Gasteiger charge is 2.24. The Hall–Kier alpha value is -3.36. The van der Waals surface area contributed by atoms with Gasteiger partial charge in [-0.2, -0.15) is 0 Å². The molecule has 0 spiro atoms. The standard InChI is InChI=1S/C20H27N3O6/c1-12(2)21-20(27)23-18(25)14(4)29-19(26)13(3)22-17(24)11-8-15-6-9-16(28-5)10-7-15/h6-14H,1-5H3,(H,22,24)(H2,21,23,25,27)/b11-8+/t13-,14?/m0/s1. The lowest BCUT2D eigenvalue weighted by atomic mass is 10.2. The summed E-state index contributed by atoms with van der Waals surface area (Å²) in [7, 11) is 1.56. The van der Waals surface area contributed by atoms with Crippen molar-refractivity contribution in [2.24, 2.45) is 0 Å². The van der Waals surface area contributed by atoms with E-state index in [1.165, 1.54) is 19.9 Å². The van der Waals surface area contributed by atoms with Crippen LogP contribution in [0.4, 0.5) is 4.79 Å². The quantitative estimate of drug-likeness (QED) is 0.444. The summed E-state index contributed by atoms with van der Waals surface area (Å²) < 4.78 is 10.0. The Balaban J connectivity index is 2.49. The van der Waals surface area contributed by atoms with Crippen LogP contribution in [0.3, 0.4) is 0 Å². The van der Waals surface area contributed by atoms with Gasteiger partial charge in [0.2, 0.25) is 5.91 Å². The lowest BCUT2D eigenvalue weighted by molar-refractivity contribution is -0.156. The van der Waals surface area contributed by atoms with Crippen molar-refractivity contribution in [1.82, 2.24) is 16.0 Å². The van der Waals surface area contributed by atoms with Crippen LogP contribution in [0, 0.1) is 0 Å². The molecule has 0 aliphatic heterocycles. The van der Waals surface area contributed by atoms with Crippen LogP contribution >= 0.6 is 0 Å². The van der Waals surface area contributed by atoms with Gasteiger partial charge in [0.1, 0.15) is 11.8 Å². The van der Waals surface area contributed by atoms with E-state index in [-0.39, 0.29) is 6.04 Å². The van der Waals surface area contributed by atoms with E-state index in [4.69, 9.17) is 9.47 Å². The van der Waals surface area contributed by atoms with Crippen molar-refractivity contribution in [3.05, 3.63) is 35.9 Å². The van der Waals surface area contributed by atoms with Gasteiger partial charge in [-0.15, -0.1) is 0 Å². The molecule has 0 heterocycles. The number of rotatable bonds is 8. The highest BCUT2D eigenvalue weighted by molar-refractivity contribution is 5.98. The highest BCUT2D eigenvalue weighted by atomic mass is 16.5. The van der Waals surface area contributed by atoms with Gasteiger partial charge in [-0.3, -0.25) is 14.9 Å². The molecule has 4 amide bonds. The zero-order valence-electron chi connectivity index (χ0n) is 17.1. The zero-order chi connectivity index (χ0) is 22.0. The number of nitrogens with one attached hydrogen (secondary N) is 3. The Kier molecular flexibility index (Phi) is 9.37. The molecular weight excluding hydrogens is 378 g/mol. The van der Waals surface area contributed by atoms with Crippen LogP contribution in [-0.4, -0.2) is 49.1 Å². The first-order chi connectivity index (χ1) is 13.6. The van der Waals surface area contributed by atoms with E-state index in [9.17, 15) is 19.2 Å². The third kappa shape index (κ3) is 8.91. The fraction of sp³-hybridized carbons (Fsp3) is 0.400. The van der Waals surface area contributed by atoms with E-state index in [0.717, 1.165) is 5.56 Å². The fourth-order valence-electron chi connectivity index (χ4n) is 2.05. The van der Waals surface area contributed by atoms with Crippen molar-refractivity contribution in [2.75, 3.05) is 7.11 Å². The molecular formula is C20H27N3O6. The number of hydrogen-bond donors (Lipinski definition) is 3. The molecule has 29 heavy (non-hydrogen) atoms. The number of hydrogen-bond acceptors (Lipinski definition) is 6. The first kappa shape index (κ1) is 23.7. The summed E-state index contributed by atoms with van der Waals surface area (Å²) in [5.41, 5.74) is 0.779. The van der Waals surface area contributed by atoms with Crippen LogP contribution in [0.15, 0.2) is 30.3 Å². The number of imide groups is 1. The monoisotopic (exact) mass is 405 g/mol. The Morgan fingerprint density at radius 3 is 2.14 bits per heavy atom. The van der Waals surface area contributed by atoms with Crippen molar-refractivity contribution in [3.63, 3.8) is 0 Å². The lowest BCUT2D eigenvalue weighted by Gasteiger charge is -2.17. The van der Waals surface area contributed by atoms with Gasteiger partial charge < -0.3 is 20.1 Å². The lowest BCUT2D eigenvalue weighted by Crippen LogP contribution is -2.48. The fourth-order valence-corrected chi connectivity index (χ4v) is 2.05. The van der Waals surface area contributed by atoms with Crippen molar-refractivity contribution >= 4 is 29.9 Å². The van der Waals surface area contributed by atoms with Crippen molar-refractivity contribution < 1.29 is 28.7 Å². The molecule has 2 atom stereocenters. The number of amides is 4. The topological polar surface area (TPSA) is 123 Å². The molecule has 1 aromatic carbocycles. The van der Waals surface area contributed by atoms with Crippen LogP contribution < -0.4 is 20.7 Å². The van der Waals surface area contributed by atoms with Crippen molar-refractivity contribution in [3.8, 4) is 5.75 Å². The van der Waals surface area contributed by atoms with E-state index >= 15 is 0 Å². The second-order valence-electron chi connectivity index (χ2n) is 6.53. The molecule has 0 bridgehead atoms. The second kappa shape index (κ2) is 11.5. The molecule has 0 aliphatic rings. The summed E-state index contributed by atoms with van der Waals surface area (Å²) in [5, 5.41) is 7.00. The number of methoxy groups -OCH3 is 1. The molecule has 0 radical (unpaired) electrons. The first-order valence-corrected chi connectivity index (χ1v) is 9.06. The van der Waals surface area contributed by atoms with Gasteiger partial charge in [-0.05, 0) is 51.5 Å². The summed E-state index contributed by atoms with van der Waals surface area (Å²) in [5.74, 6) is -1.38. The molecule has 0 aliphatic carbocycles. The largest absolute Gasteiger partial charge is 0.497 e. The Bertz CT molecular complexity index is 758. The average molecular weight is 405 g/mol. The molecule has 158 valence electrons. The van der Waals surface area contributed by atoms with Crippen LogP contribution in [0.5, 0.6) is 5.75 Å². The average Bonchev–Trinajstić information content (AvgIpc) is 2.65. The second-order valence-corrected chi connectivity index (χ2v) is 6.53. The van der Waals surface area contributed by atoms with Crippen molar-refractivity contribution in [1.29, 1.82) is 0 Å². The summed E-state index contributed by atoms with van der Waals surface area (Å²) >= 11 is 0. The minimum Gasteiger partial charge on any atom is -0.497 e. The molecule has 9 nitrogen and oxygen atoms in total. The third-order valence-electron chi connectivity index (χ3n) is 3.57. The SMILES string of the molecule is COc1ccc(/C=C/C(=O)N[C@@H](C)C(=O)OC(C)C(=O)NC(=O)NC(C)C)cc1. The van der Waals surface area contributed by atoms with Crippen LogP contribution in [-0.2, 0) is 19.1 Å². The van der Waals surface area contributed by atoms with Gasteiger partial charge in [0.05, 0.1) is 7.11 Å². The summed E-state index contributed by atoms with van der Waals surface area (Å²) in [6.07, 6.45) is 1.66. The molecule has 0 fully saturated rings. The maximum atomic E-state index is 12.0. The van der Waals surface area contributed by atoms with E-state index in [1.54, 1.807) is 51.3 Å². The first-order valence-electron chi connectivity index (χ1n) is 9.06. The molecule has 0 aromatic heterocycles. The number of benzene rings is 1. The smallest absolute Gasteiger partial charge is 0.329 e. The van der Waals surface area contributed by atoms with Gasteiger partial charge in [0.15, 0.2) is 6.10 Å². The third-order valence-corrected chi connectivity index (χ3v) is 3.57. The summed E-state index contributed by atoms with van der Waals surface area (Å²) in [4.78, 5) is 47.4. The molecule has 0 saturated heterocycles. The summed E-state index contributed by atoms with van der Waals surface area (Å²) in [6, 6.07) is 5.24. The van der Waals surface area contributed by atoms with E-state index in [1.807, 2.05) is 0 Å². The number of esters is 1. The number of carbonyl (C=O) groups is 4. The highest BCUT2D eigenvalue weighted by Crippen LogP contribution is 2.12. The van der Waals surface area contributed by atoms with Gasteiger partial charge in [0.25, 0.3) is 5.91 Å². The molecule has 3 N–H and O–H groups in total. The van der Waals surface area contributed by atoms with E-state index < -0.39 is 36.0 Å². The predicted molar refractivity (Wildman–Crippen MR) is 107 cm³/mol. The zero-order valence-corrected chi connectivity index (χ0v) is 17.1. The van der Waals surface area contributed by atoms with Gasteiger partial charge >= 0.3 is 12.0 Å². The minimum atomic E-state index is -1.20. The van der Waals surface area contributed by atoms with E-state index in [2.05, 4.69) is 16.0 Å². The number of carbonyl (C=O) groups excluding carboxylic acids is 4. The number of urea groups is 1. The molecule has 1 unspecified atom stereocenters. The minimum absolute atomic E-state index is 0.151. The van der Waals surface area contributed by atoms with Crippen LogP contribution in [0.2, 0.25) is 0 Å². The summed E-state index contributed by atoms with van der Waals surface area (Å²) in [6.45, 7) is 6.23. The van der Waals surface area contributed by atoms with Crippen molar-refractivity contribution in [2.45, 2.75) is 45.9 Å². The van der Waals surface area contributed by atoms with Crippen LogP contribution in [0.25, 0.3) is 6.08 Å². The van der Waals surface area contributed by atoms with Gasteiger partial charge in [-0.25, -0.2) is 9.59 Å². The maximum Gasteiger partial charge on any atom is 0.329 e. The Morgan fingerprint density at radius 1 is 0.966 bits per heavy atom. The molecule has 0 saturated carbocycles.